The van der Waals surface area contributed by atoms with Crippen LogP contribution in [0.1, 0.15) is 13.3 Å². The highest BCUT2D eigenvalue weighted by Gasteiger charge is 2.18. The number of esters is 1. The third-order valence-electron chi connectivity index (χ3n) is 2.45. The highest BCUT2D eigenvalue weighted by Crippen LogP contribution is 2.46. The third kappa shape index (κ3) is 2.18. The highest BCUT2D eigenvalue weighted by atomic mass is 79.9. The van der Waals surface area contributed by atoms with Crippen molar-refractivity contribution in [2.24, 2.45) is 0 Å². The van der Waals surface area contributed by atoms with Gasteiger partial charge < -0.3 is 15.2 Å². The van der Waals surface area contributed by atoms with Gasteiger partial charge in [-0.05, 0) is 28.1 Å². The molecular formula is C12H12BrNO3S. The Labute approximate surface area is 117 Å². The molecule has 0 aliphatic heterocycles. The standard InChI is InChI=1S/C12H12BrNO3S/c1-3-8(15)17-9-6-4-5-7(13)10(16-2)11(6)18-12(9)14/h4-5H,3,14H2,1-2H3. The van der Waals surface area contributed by atoms with E-state index in [9.17, 15) is 4.79 Å². The Morgan fingerprint density at radius 2 is 2.17 bits per heavy atom. The second-order valence-electron chi connectivity index (χ2n) is 3.58. The van der Waals surface area contributed by atoms with E-state index in [1.165, 1.54) is 11.3 Å². The predicted octanol–water partition coefficient (Wildman–Crippen LogP) is 3.57. The van der Waals surface area contributed by atoms with E-state index in [0.29, 0.717) is 22.9 Å². The lowest BCUT2D eigenvalue weighted by Gasteiger charge is -2.05. The molecule has 1 aromatic carbocycles. The number of halogens is 1. The molecule has 96 valence electrons. The third-order valence-corrected chi connectivity index (χ3v) is 4.09. The second kappa shape index (κ2) is 5.16. The molecule has 18 heavy (non-hydrogen) atoms. The fraction of sp³-hybridized carbons (Fsp3) is 0.250. The van der Waals surface area contributed by atoms with Gasteiger partial charge in [0.15, 0.2) is 11.5 Å². The maximum Gasteiger partial charge on any atom is 0.311 e. The molecule has 1 heterocycles. The number of nitrogen functional groups attached to an aromatic ring is 1. The maximum absolute atomic E-state index is 11.4. The van der Waals surface area contributed by atoms with Gasteiger partial charge in [0.25, 0.3) is 0 Å². The van der Waals surface area contributed by atoms with Crippen LogP contribution >= 0.6 is 27.3 Å². The van der Waals surface area contributed by atoms with Gasteiger partial charge in [0.1, 0.15) is 5.00 Å². The first-order valence-electron chi connectivity index (χ1n) is 5.33. The number of carbonyl (C=O) groups excluding carboxylic acids is 1. The van der Waals surface area contributed by atoms with Crippen molar-refractivity contribution in [3.8, 4) is 11.5 Å². The van der Waals surface area contributed by atoms with Gasteiger partial charge in [-0.2, -0.15) is 0 Å². The zero-order valence-corrected chi connectivity index (χ0v) is 12.4. The minimum absolute atomic E-state index is 0.303. The van der Waals surface area contributed by atoms with Crippen LogP contribution in [0.25, 0.3) is 10.1 Å². The van der Waals surface area contributed by atoms with Crippen LogP contribution in [0, 0.1) is 0 Å². The first kappa shape index (κ1) is 13.2. The van der Waals surface area contributed by atoms with E-state index in [2.05, 4.69) is 15.9 Å². The van der Waals surface area contributed by atoms with Crippen LogP contribution in [-0.2, 0) is 4.79 Å². The predicted molar refractivity (Wildman–Crippen MR) is 76.4 cm³/mol. The minimum Gasteiger partial charge on any atom is -0.494 e. The highest BCUT2D eigenvalue weighted by molar-refractivity contribution is 9.10. The van der Waals surface area contributed by atoms with Gasteiger partial charge in [0, 0.05) is 11.8 Å². The number of thiophene rings is 1. The smallest absolute Gasteiger partial charge is 0.311 e. The summed E-state index contributed by atoms with van der Waals surface area (Å²) in [5.41, 5.74) is 5.90. The molecule has 0 bridgehead atoms. The summed E-state index contributed by atoms with van der Waals surface area (Å²) in [7, 11) is 1.59. The van der Waals surface area contributed by atoms with Gasteiger partial charge in [0.05, 0.1) is 16.3 Å². The molecule has 0 radical (unpaired) electrons. The van der Waals surface area contributed by atoms with Crippen molar-refractivity contribution in [1.82, 2.24) is 0 Å². The summed E-state index contributed by atoms with van der Waals surface area (Å²) in [5.74, 6) is 0.818. The number of rotatable bonds is 3. The van der Waals surface area contributed by atoms with Gasteiger partial charge in [-0.25, -0.2) is 0 Å². The number of ether oxygens (including phenoxy) is 2. The molecule has 0 spiro atoms. The number of benzene rings is 1. The Morgan fingerprint density at radius 1 is 1.44 bits per heavy atom. The number of carbonyl (C=O) groups is 1. The lowest BCUT2D eigenvalue weighted by Crippen LogP contribution is -2.06. The van der Waals surface area contributed by atoms with E-state index in [-0.39, 0.29) is 5.97 Å². The molecule has 1 aromatic heterocycles. The van der Waals surface area contributed by atoms with Crippen molar-refractivity contribution in [1.29, 1.82) is 0 Å². The van der Waals surface area contributed by atoms with Gasteiger partial charge in [-0.15, -0.1) is 11.3 Å². The lowest BCUT2D eigenvalue weighted by molar-refractivity contribution is -0.133. The number of hydrogen-bond donors (Lipinski definition) is 1. The molecule has 0 aliphatic rings. The summed E-state index contributed by atoms with van der Waals surface area (Å²) in [4.78, 5) is 11.4. The first-order chi connectivity index (χ1) is 8.58. The Hall–Kier alpha value is -1.27. The molecule has 0 unspecified atom stereocenters. The number of hydrogen-bond acceptors (Lipinski definition) is 5. The normalized spacial score (nSPS) is 10.6. The quantitative estimate of drug-likeness (QED) is 0.874. The van der Waals surface area contributed by atoms with Crippen LogP contribution in [0.2, 0.25) is 0 Å². The first-order valence-corrected chi connectivity index (χ1v) is 6.94. The molecular weight excluding hydrogens is 318 g/mol. The van der Waals surface area contributed by atoms with Crippen molar-refractivity contribution in [3.63, 3.8) is 0 Å². The zero-order chi connectivity index (χ0) is 13.3. The number of nitrogens with two attached hydrogens (primary N) is 1. The summed E-state index contributed by atoms with van der Waals surface area (Å²) in [6.45, 7) is 1.74. The van der Waals surface area contributed by atoms with E-state index >= 15 is 0 Å². The summed E-state index contributed by atoms with van der Waals surface area (Å²) in [6.07, 6.45) is 0.310. The van der Waals surface area contributed by atoms with Gasteiger partial charge in [-0.3, -0.25) is 4.79 Å². The molecule has 2 rings (SSSR count). The van der Waals surface area contributed by atoms with E-state index in [1.807, 2.05) is 12.1 Å². The molecule has 0 fully saturated rings. The zero-order valence-electron chi connectivity index (χ0n) is 9.95. The Balaban J connectivity index is 2.62. The van der Waals surface area contributed by atoms with Gasteiger partial charge in [0.2, 0.25) is 0 Å². The average molecular weight is 330 g/mol. The topological polar surface area (TPSA) is 61.5 Å². The monoisotopic (exact) mass is 329 g/mol. The minimum atomic E-state index is -0.303. The van der Waals surface area contributed by atoms with Crippen molar-refractivity contribution in [3.05, 3.63) is 16.6 Å². The fourth-order valence-electron chi connectivity index (χ4n) is 1.59. The van der Waals surface area contributed by atoms with E-state index in [1.54, 1.807) is 14.0 Å². The van der Waals surface area contributed by atoms with Gasteiger partial charge in [-0.1, -0.05) is 6.92 Å². The fourth-order valence-corrected chi connectivity index (χ4v) is 3.23. The molecule has 0 saturated heterocycles. The summed E-state index contributed by atoms with van der Waals surface area (Å²) in [6, 6.07) is 3.70. The van der Waals surface area contributed by atoms with E-state index in [4.69, 9.17) is 15.2 Å². The second-order valence-corrected chi connectivity index (χ2v) is 5.49. The van der Waals surface area contributed by atoms with Crippen LogP contribution in [0.3, 0.4) is 0 Å². The van der Waals surface area contributed by atoms with Gasteiger partial charge >= 0.3 is 5.97 Å². The Kier molecular flexibility index (Phi) is 3.77. The Morgan fingerprint density at radius 3 is 2.78 bits per heavy atom. The molecule has 0 amide bonds. The lowest BCUT2D eigenvalue weighted by atomic mass is 10.2. The molecule has 2 aromatic rings. The van der Waals surface area contributed by atoms with Crippen LogP contribution in [0.4, 0.5) is 5.00 Å². The summed E-state index contributed by atoms with van der Waals surface area (Å²) < 4.78 is 12.3. The van der Waals surface area contributed by atoms with Crippen LogP contribution in [0.5, 0.6) is 11.5 Å². The maximum atomic E-state index is 11.4. The average Bonchev–Trinajstić information content (AvgIpc) is 2.66. The Bertz CT molecular complexity index is 609. The number of anilines is 1. The molecule has 0 aliphatic carbocycles. The van der Waals surface area contributed by atoms with Crippen molar-refractivity contribution in [2.75, 3.05) is 12.8 Å². The van der Waals surface area contributed by atoms with Crippen molar-refractivity contribution in [2.45, 2.75) is 13.3 Å². The van der Waals surface area contributed by atoms with Crippen molar-refractivity contribution >= 4 is 48.3 Å². The molecule has 2 N–H and O–H groups in total. The molecule has 0 saturated carbocycles. The summed E-state index contributed by atoms with van der Waals surface area (Å²) in [5, 5.41) is 1.27. The van der Waals surface area contributed by atoms with Crippen molar-refractivity contribution < 1.29 is 14.3 Å². The summed E-state index contributed by atoms with van der Waals surface area (Å²) >= 11 is 4.75. The SMILES string of the molecule is CCC(=O)Oc1c(N)sc2c(OC)c(Br)ccc12. The largest absolute Gasteiger partial charge is 0.494 e. The number of methoxy groups -OCH3 is 1. The van der Waals surface area contributed by atoms with Crippen LogP contribution < -0.4 is 15.2 Å². The number of fused-ring (bicyclic) bond motifs is 1. The van der Waals surface area contributed by atoms with Crippen LogP contribution in [-0.4, -0.2) is 13.1 Å². The molecule has 0 atom stereocenters. The van der Waals surface area contributed by atoms with E-state index < -0.39 is 0 Å². The van der Waals surface area contributed by atoms with E-state index in [0.717, 1.165) is 14.6 Å². The molecule has 6 heteroatoms. The van der Waals surface area contributed by atoms with Crippen LogP contribution in [0.15, 0.2) is 16.6 Å². The molecule has 4 nitrogen and oxygen atoms in total.